The molecule has 1 heterocycles. The van der Waals surface area contributed by atoms with Crippen molar-refractivity contribution in [3.05, 3.63) is 43.5 Å². The van der Waals surface area contributed by atoms with E-state index in [0.29, 0.717) is 5.69 Å². The molecular weight excluding hydrogens is 284 g/mol. The van der Waals surface area contributed by atoms with E-state index in [2.05, 4.69) is 20.4 Å². The zero-order chi connectivity index (χ0) is 16.1. The zero-order valence-electron chi connectivity index (χ0n) is 12.8. The van der Waals surface area contributed by atoms with Gasteiger partial charge in [-0.3, -0.25) is 4.79 Å². The fourth-order valence-electron chi connectivity index (χ4n) is 2.04. The lowest BCUT2D eigenvalue weighted by atomic mass is 10.0. The third kappa shape index (κ3) is 4.05. The maximum Gasteiger partial charge on any atom is 0.328 e. The lowest BCUT2D eigenvalue weighted by Gasteiger charge is -2.19. The van der Waals surface area contributed by atoms with Crippen LogP contribution >= 0.6 is 0 Å². The first-order chi connectivity index (χ1) is 10.5. The lowest BCUT2D eigenvalue weighted by Crippen LogP contribution is -2.46. The summed E-state index contributed by atoms with van der Waals surface area (Å²) >= 11 is 0. The van der Waals surface area contributed by atoms with Crippen LogP contribution in [-0.2, 0) is 20.9 Å². The summed E-state index contributed by atoms with van der Waals surface area (Å²) in [5.74, 6) is 0.107. The van der Waals surface area contributed by atoms with E-state index in [1.54, 1.807) is 6.20 Å². The lowest BCUT2D eigenvalue weighted by molar-refractivity contribution is -0.146. The minimum Gasteiger partial charge on any atom is -0.467 e. The number of ether oxygens (including phenoxy) is 1. The van der Waals surface area contributed by atoms with Crippen LogP contribution in [0.5, 0.6) is 0 Å². The van der Waals surface area contributed by atoms with Crippen molar-refractivity contribution in [3.63, 3.8) is 0 Å². The summed E-state index contributed by atoms with van der Waals surface area (Å²) in [6.45, 7) is 3.67. The van der Waals surface area contributed by atoms with Gasteiger partial charge < -0.3 is 10.1 Å². The highest BCUT2D eigenvalue weighted by Gasteiger charge is 2.26. The fraction of sp³-hybridized carbons (Fsp3) is 0.400. The number of hydrogen-bond donors (Lipinski definition) is 1. The number of nitrogens with one attached hydrogen (secondary N) is 1. The first-order valence-corrected chi connectivity index (χ1v) is 7.00. The quantitative estimate of drug-likeness (QED) is 0.766. The number of nitrogens with zero attached hydrogens (tertiary/aromatic N) is 3. The SMILES string of the molecule is COC(=O)[C@@H](NC(=O)Cn1cc([C]2[CH][CH][CH][CH]2)nn1)C(C)C. The molecule has 0 aromatic carbocycles. The summed E-state index contributed by atoms with van der Waals surface area (Å²) in [5, 5.41) is 10.6. The van der Waals surface area contributed by atoms with Crippen molar-refractivity contribution in [1.29, 1.82) is 0 Å². The van der Waals surface area contributed by atoms with Gasteiger partial charge in [0.15, 0.2) is 0 Å². The number of rotatable bonds is 6. The second-order valence-electron chi connectivity index (χ2n) is 5.29. The second kappa shape index (κ2) is 7.38. The van der Waals surface area contributed by atoms with Gasteiger partial charge in [-0.05, 0) is 31.6 Å². The summed E-state index contributed by atoms with van der Waals surface area (Å²) in [7, 11) is 1.30. The van der Waals surface area contributed by atoms with Crippen LogP contribution in [-0.4, -0.2) is 40.0 Å². The van der Waals surface area contributed by atoms with Gasteiger partial charge in [-0.1, -0.05) is 19.1 Å². The van der Waals surface area contributed by atoms with Crippen molar-refractivity contribution in [2.75, 3.05) is 7.11 Å². The van der Waals surface area contributed by atoms with Gasteiger partial charge in [0.05, 0.1) is 12.8 Å². The Labute approximate surface area is 130 Å². The van der Waals surface area contributed by atoms with Gasteiger partial charge in [-0.15, -0.1) is 5.10 Å². The Bertz CT molecular complexity index is 521. The molecule has 1 aliphatic carbocycles. The van der Waals surface area contributed by atoms with Crippen LogP contribution in [0.2, 0.25) is 0 Å². The van der Waals surface area contributed by atoms with Crippen LogP contribution in [0.1, 0.15) is 19.5 Å². The third-order valence-corrected chi connectivity index (χ3v) is 3.24. The third-order valence-electron chi connectivity index (χ3n) is 3.24. The fourth-order valence-corrected chi connectivity index (χ4v) is 2.04. The molecule has 1 aromatic rings. The van der Waals surface area contributed by atoms with Gasteiger partial charge in [0.2, 0.25) is 5.91 Å². The van der Waals surface area contributed by atoms with E-state index in [0.717, 1.165) is 5.92 Å². The van der Waals surface area contributed by atoms with E-state index in [1.807, 2.05) is 39.5 Å². The molecule has 0 aliphatic heterocycles. The number of amides is 1. The molecular formula is C15H19N4O3. The monoisotopic (exact) mass is 303 g/mol. The second-order valence-corrected chi connectivity index (χ2v) is 5.29. The minimum atomic E-state index is -0.671. The molecule has 0 saturated heterocycles. The number of aromatic nitrogens is 3. The largest absolute Gasteiger partial charge is 0.467 e. The highest BCUT2D eigenvalue weighted by atomic mass is 16.5. The molecule has 1 fully saturated rings. The molecule has 1 saturated carbocycles. The van der Waals surface area contributed by atoms with Crippen LogP contribution in [0.15, 0.2) is 6.20 Å². The normalized spacial score (nSPS) is 16.7. The summed E-state index contributed by atoms with van der Waals surface area (Å²) in [5.41, 5.74) is 0.700. The maximum atomic E-state index is 12.0. The summed E-state index contributed by atoms with van der Waals surface area (Å²) in [4.78, 5) is 23.7. The van der Waals surface area contributed by atoms with E-state index in [9.17, 15) is 9.59 Å². The number of carbonyl (C=O) groups excluding carboxylic acids is 2. The average molecular weight is 303 g/mol. The highest BCUT2D eigenvalue weighted by Crippen LogP contribution is 2.28. The molecule has 1 aliphatic rings. The molecule has 1 aromatic heterocycles. The molecule has 0 spiro atoms. The van der Waals surface area contributed by atoms with Gasteiger partial charge >= 0.3 is 5.97 Å². The Hall–Kier alpha value is -1.92. The van der Waals surface area contributed by atoms with Crippen molar-refractivity contribution < 1.29 is 14.3 Å². The first kappa shape index (κ1) is 16.5. The van der Waals surface area contributed by atoms with Gasteiger partial charge in [0, 0.05) is 12.1 Å². The minimum absolute atomic E-state index is 0.00603. The standard InChI is InChI=1S/C15H19N4O3/c1-10(2)14(15(21)22-3)16-13(20)9-19-8-12(17-18-19)11-6-4-5-7-11/h4-8,10,14H,9H2,1-3H3,(H,16,20)/t14-/m0/s1. The maximum absolute atomic E-state index is 12.0. The summed E-state index contributed by atoms with van der Waals surface area (Å²) in [6.07, 6.45) is 9.34. The van der Waals surface area contributed by atoms with Crippen LogP contribution < -0.4 is 5.32 Å². The Balaban J connectivity index is 1.92. The Morgan fingerprint density at radius 3 is 2.59 bits per heavy atom. The predicted molar refractivity (Wildman–Crippen MR) is 78.4 cm³/mol. The van der Waals surface area contributed by atoms with Crippen molar-refractivity contribution >= 4 is 11.9 Å². The molecule has 1 atom stereocenters. The van der Waals surface area contributed by atoms with Crippen LogP contribution in [0.3, 0.4) is 0 Å². The van der Waals surface area contributed by atoms with Gasteiger partial charge in [-0.2, -0.15) is 0 Å². The Morgan fingerprint density at radius 1 is 1.32 bits per heavy atom. The van der Waals surface area contributed by atoms with E-state index in [4.69, 9.17) is 0 Å². The first-order valence-electron chi connectivity index (χ1n) is 7.00. The molecule has 1 amide bonds. The smallest absolute Gasteiger partial charge is 0.328 e. The molecule has 7 nitrogen and oxygen atoms in total. The molecule has 2 rings (SSSR count). The molecule has 5 radical (unpaired) electrons. The number of esters is 1. The topological polar surface area (TPSA) is 86.1 Å². The van der Waals surface area contributed by atoms with Gasteiger partial charge in [0.1, 0.15) is 12.6 Å². The molecule has 1 N–H and O–H groups in total. The molecule has 0 unspecified atom stereocenters. The van der Waals surface area contributed by atoms with Crippen LogP contribution in [0, 0.1) is 37.5 Å². The number of hydrogen-bond acceptors (Lipinski definition) is 5. The van der Waals surface area contributed by atoms with Gasteiger partial charge in [0.25, 0.3) is 0 Å². The van der Waals surface area contributed by atoms with Crippen LogP contribution in [0.25, 0.3) is 0 Å². The van der Waals surface area contributed by atoms with E-state index in [1.165, 1.54) is 11.8 Å². The van der Waals surface area contributed by atoms with Crippen molar-refractivity contribution in [2.45, 2.75) is 26.4 Å². The van der Waals surface area contributed by atoms with E-state index >= 15 is 0 Å². The van der Waals surface area contributed by atoms with Crippen molar-refractivity contribution in [1.82, 2.24) is 20.3 Å². The summed E-state index contributed by atoms with van der Waals surface area (Å²) < 4.78 is 6.13. The predicted octanol–water partition coefficient (Wildman–Crippen LogP) is 0.345. The van der Waals surface area contributed by atoms with E-state index in [-0.39, 0.29) is 18.4 Å². The number of carbonyl (C=O) groups is 2. The highest BCUT2D eigenvalue weighted by molar-refractivity contribution is 5.84. The Morgan fingerprint density at radius 2 is 2.00 bits per heavy atom. The molecule has 7 heteroatoms. The Kier molecular flexibility index (Phi) is 5.51. The molecule has 117 valence electrons. The molecule has 22 heavy (non-hydrogen) atoms. The zero-order valence-corrected chi connectivity index (χ0v) is 12.8. The molecule has 0 bridgehead atoms. The van der Waals surface area contributed by atoms with Crippen molar-refractivity contribution in [3.8, 4) is 0 Å². The average Bonchev–Trinajstić information content (AvgIpc) is 3.14. The van der Waals surface area contributed by atoms with Gasteiger partial charge in [-0.25, -0.2) is 9.48 Å². The summed E-state index contributed by atoms with van der Waals surface area (Å²) in [6, 6.07) is -0.671. The van der Waals surface area contributed by atoms with Crippen LogP contribution in [0.4, 0.5) is 0 Å². The van der Waals surface area contributed by atoms with Crippen molar-refractivity contribution in [2.24, 2.45) is 5.92 Å². The number of methoxy groups -OCH3 is 1. The van der Waals surface area contributed by atoms with E-state index < -0.39 is 12.0 Å².